The van der Waals surface area contributed by atoms with Gasteiger partial charge in [0.15, 0.2) is 11.2 Å². The van der Waals surface area contributed by atoms with E-state index in [1.54, 1.807) is 22.8 Å². The Hall–Kier alpha value is -2.67. The standard InChI is InChI=1S/C14H15N5O2/c1-18(7-8-20)14-16-12-11(13(21)17-14)15-9-19(12)10-5-3-2-4-6-10/h2-6,9,20H,7-8H2,1H3,(H,16,17,21). The van der Waals surface area contributed by atoms with E-state index in [0.717, 1.165) is 5.69 Å². The van der Waals surface area contributed by atoms with Gasteiger partial charge in [0.05, 0.1) is 6.61 Å². The normalized spacial score (nSPS) is 11.0. The van der Waals surface area contributed by atoms with Crippen LogP contribution in [0.25, 0.3) is 16.9 Å². The Labute approximate surface area is 120 Å². The van der Waals surface area contributed by atoms with Crippen LogP contribution >= 0.6 is 0 Å². The number of hydrogen-bond acceptors (Lipinski definition) is 5. The molecule has 0 saturated carbocycles. The number of benzene rings is 1. The molecule has 1 aromatic carbocycles. The molecule has 0 bridgehead atoms. The predicted octanol–water partition coefficient (Wildman–Crippen LogP) is 0.537. The zero-order chi connectivity index (χ0) is 14.8. The second-order valence-electron chi connectivity index (χ2n) is 4.66. The van der Waals surface area contributed by atoms with E-state index in [4.69, 9.17) is 5.11 Å². The first kappa shape index (κ1) is 13.3. The van der Waals surface area contributed by atoms with Crippen molar-refractivity contribution < 1.29 is 5.11 Å². The minimum Gasteiger partial charge on any atom is -0.395 e. The van der Waals surface area contributed by atoms with E-state index in [-0.39, 0.29) is 12.2 Å². The van der Waals surface area contributed by atoms with Crippen LogP contribution in [-0.4, -0.2) is 44.8 Å². The molecule has 0 fully saturated rings. The van der Waals surface area contributed by atoms with Crippen LogP contribution in [0.2, 0.25) is 0 Å². The number of aliphatic hydroxyl groups excluding tert-OH is 1. The number of anilines is 1. The molecule has 108 valence electrons. The van der Waals surface area contributed by atoms with Gasteiger partial charge in [-0.15, -0.1) is 0 Å². The summed E-state index contributed by atoms with van der Waals surface area (Å²) in [5.74, 6) is 0.402. The third-order valence-electron chi connectivity index (χ3n) is 3.23. The van der Waals surface area contributed by atoms with E-state index in [1.807, 2.05) is 30.3 Å². The molecule has 2 heterocycles. The van der Waals surface area contributed by atoms with E-state index in [1.165, 1.54) is 0 Å². The van der Waals surface area contributed by atoms with Crippen molar-refractivity contribution in [1.29, 1.82) is 0 Å². The summed E-state index contributed by atoms with van der Waals surface area (Å²) in [6, 6.07) is 9.58. The van der Waals surface area contributed by atoms with Gasteiger partial charge < -0.3 is 10.0 Å². The van der Waals surface area contributed by atoms with E-state index in [9.17, 15) is 4.79 Å². The molecular weight excluding hydrogens is 270 g/mol. The quantitative estimate of drug-likeness (QED) is 0.730. The summed E-state index contributed by atoms with van der Waals surface area (Å²) in [6.45, 7) is 0.365. The molecule has 21 heavy (non-hydrogen) atoms. The summed E-state index contributed by atoms with van der Waals surface area (Å²) in [7, 11) is 1.75. The van der Waals surface area contributed by atoms with Crippen LogP contribution in [0.1, 0.15) is 0 Å². The number of nitrogens with one attached hydrogen (secondary N) is 1. The SMILES string of the molecule is CN(CCO)c1nc2c(ncn2-c2ccccc2)c(=O)[nH]1. The van der Waals surface area contributed by atoms with Crippen LogP contribution in [0.15, 0.2) is 41.5 Å². The fraction of sp³-hybridized carbons (Fsp3) is 0.214. The Balaban J connectivity index is 2.18. The van der Waals surface area contributed by atoms with E-state index < -0.39 is 0 Å². The lowest BCUT2D eigenvalue weighted by molar-refractivity contribution is 0.303. The molecule has 0 spiro atoms. The van der Waals surface area contributed by atoms with Gasteiger partial charge in [-0.1, -0.05) is 18.2 Å². The molecule has 0 unspecified atom stereocenters. The van der Waals surface area contributed by atoms with Crippen molar-refractivity contribution in [2.75, 3.05) is 25.1 Å². The second kappa shape index (κ2) is 5.37. The van der Waals surface area contributed by atoms with E-state index in [2.05, 4.69) is 15.0 Å². The lowest BCUT2D eigenvalue weighted by atomic mass is 10.3. The van der Waals surface area contributed by atoms with Crippen LogP contribution < -0.4 is 10.5 Å². The van der Waals surface area contributed by atoms with Gasteiger partial charge in [-0.25, -0.2) is 4.98 Å². The lowest BCUT2D eigenvalue weighted by Gasteiger charge is -2.15. The average Bonchev–Trinajstić information content (AvgIpc) is 2.93. The highest BCUT2D eigenvalue weighted by atomic mass is 16.3. The number of rotatable bonds is 4. The molecule has 0 amide bonds. The largest absolute Gasteiger partial charge is 0.395 e. The minimum absolute atomic E-state index is 0.0177. The Morgan fingerprint density at radius 2 is 2.10 bits per heavy atom. The maximum atomic E-state index is 12.1. The van der Waals surface area contributed by atoms with Crippen molar-refractivity contribution in [2.24, 2.45) is 0 Å². The van der Waals surface area contributed by atoms with Crippen molar-refractivity contribution in [1.82, 2.24) is 19.5 Å². The van der Waals surface area contributed by atoms with Gasteiger partial charge in [-0.2, -0.15) is 4.98 Å². The predicted molar refractivity (Wildman–Crippen MR) is 79.8 cm³/mol. The molecule has 0 saturated heterocycles. The summed E-state index contributed by atoms with van der Waals surface area (Å²) in [4.78, 5) is 25.0. The van der Waals surface area contributed by atoms with Crippen molar-refractivity contribution in [3.63, 3.8) is 0 Å². The number of para-hydroxylation sites is 1. The highest BCUT2D eigenvalue weighted by Crippen LogP contribution is 2.15. The molecular formula is C14H15N5O2. The topological polar surface area (TPSA) is 87.0 Å². The summed E-state index contributed by atoms with van der Waals surface area (Å²) in [5.41, 5.74) is 1.37. The fourth-order valence-electron chi connectivity index (χ4n) is 2.11. The summed E-state index contributed by atoms with van der Waals surface area (Å²) in [5, 5.41) is 8.99. The number of nitrogens with zero attached hydrogens (tertiary/aromatic N) is 4. The zero-order valence-electron chi connectivity index (χ0n) is 11.5. The highest BCUT2D eigenvalue weighted by molar-refractivity contribution is 5.73. The number of aromatic amines is 1. The number of aromatic nitrogens is 4. The number of fused-ring (bicyclic) bond motifs is 1. The third kappa shape index (κ3) is 2.38. The van der Waals surface area contributed by atoms with Crippen molar-refractivity contribution >= 4 is 17.1 Å². The van der Waals surface area contributed by atoms with Gasteiger partial charge in [0, 0.05) is 19.3 Å². The first-order valence-corrected chi connectivity index (χ1v) is 6.55. The minimum atomic E-state index is -0.297. The van der Waals surface area contributed by atoms with E-state index in [0.29, 0.717) is 23.7 Å². The van der Waals surface area contributed by atoms with Gasteiger partial charge in [-0.05, 0) is 12.1 Å². The lowest BCUT2D eigenvalue weighted by Crippen LogP contribution is -2.26. The molecule has 2 aromatic heterocycles. The van der Waals surface area contributed by atoms with Gasteiger partial charge in [0.2, 0.25) is 5.95 Å². The summed E-state index contributed by atoms with van der Waals surface area (Å²) in [6.07, 6.45) is 1.58. The Bertz CT molecular complexity index is 809. The number of likely N-dealkylation sites (N-methyl/N-ethyl adjacent to an activating group) is 1. The van der Waals surface area contributed by atoms with Crippen molar-refractivity contribution in [3.8, 4) is 5.69 Å². The molecule has 3 aromatic rings. The van der Waals surface area contributed by atoms with Gasteiger partial charge in [0.1, 0.15) is 6.33 Å². The second-order valence-corrected chi connectivity index (χ2v) is 4.66. The molecule has 3 rings (SSSR count). The van der Waals surface area contributed by atoms with Crippen molar-refractivity contribution in [2.45, 2.75) is 0 Å². The van der Waals surface area contributed by atoms with Crippen LogP contribution in [-0.2, 0) is 0 Å². The summed E-state index contributed by atoms with van der Waals surface area (Å²) >= 11 is 0. The first-order valence-electron chi connectivity index (χ1n) is 6.55. The first-order chi connectivity index (χ1) is 10.2. The number of H-pyrrole nitrogens is 1. The molecule has 7 nitrogen and oxygen atoms in total. The Kier molecular flexibility index (Phi) is 3.41. The number of imidazole rings is 1. The van der Waals surface area contributed by atoms with Crippen LogP contribution in [0, 0.1) is 0 Å². The van der Waals surface area contributed by atoms with Gasteiger partial charge in [0.25, 0.3) is 5.56 Å². The molecule has 0 atom stereocenters. The molecule has 2 N–H and O–H groups in total. The Morgan fingerprint density at radius 1 is 1.33 bits per heavy atom. The maximum absolute atomic E-state index is 12.1. The smallest absolute Gasteiger partial charge is 0.280 e. The molecule has 0 radical (unpaired) electrons. The number of aliphatic hydroxyl groups is 1. The molecule has 0 aliphatic carbocycles. The maximum Gasteiger partial charge on any atom is 0.280 e. The third-order valence-corrected chi connectivity index (χ3v) is 3.23. The molecule has 0 aliphatic rings. The zero-order valence-corrected chi connectivity index (χ0v) is 11.5. The van der Waals surface area contributed by atoms with Gasteiger partial charge in [-0.3, -0.25) is 14.3 Å². The van der Waals surface area contributed by atoms with Crippen LogP contribution in [0.3, 0.4) is 0 Å². The Morgan fingerprint density at radius 3 is 2.81 bits per heavy atom. The average molecular weight is 285 g/mol. The van der Waals surface area contributed by atoms with Crippen molar-refractivity contribution in [3.05, 3.63) is 47.0 Å². The molecule has 7 heteroatoms. The highest BCUT2D eigenvalue weighted by Gasteiger charge is 2.13. The van der Waals surface area contributed by atoms with Crippen LogP contribution in [0.4, 0.5) is 5.95 Å². The van der Waals surface area contributed by atoms with E-state index >= 15 is 0 Å². The molecule has 0 aliphatic heterocycles. The fourth-order valence-corrected chi connectivity index (χ4v) is 2.11. The van der Waals surface area contributed by atoms with Gasteiger partial charge >= 0.3 is 0 Å². The monoisotopic (exact) mass is 285 g/mol. The van der Waals surface area contributed by atoms with Crippen LogP contribution in [0.5, 0.6) is 0 Å². The number of hydrogen-bond donors (Lipinski definition) is 2. The summed E-state index contributed by atoms with van der Waals surface area (Å²) < 4.78 is 1.76.